The Morgan fingerprint density at radius 1 is 1.36 bits per heavy atom. The number of aromatic nitrogens is 2. The minimum atomic E-state index is -0.476. The number of carbonyl (C=O) groups is 1. The van der Waals surface area contributed by atoms with Gasteiger partial charge in [0.2, 0.25) is 17.6 Å². The summed E-state index contributed by atoms with van der Waals surface area (Å²) in [6.07, 6.45) is 0.434. The van der Waals surface area contributed by atoms with Crippen molar-refractivity contribution in [3.8, 4) is 11.4 Å². The van der Waals surface area contributed by atoms with E-state index in [2.05, 4.69) is 15.5 Å². The number of nitro groups is 1. The van der Waals surface area contributed by atoms with Gasteiger partial charge in [0.15, 0.2) is 0 Å². The number of nitrogens with zero attached hydrogens (tertiary/aromatic N) is 3. The fraction of sp³-hybridized carbons (Fsp3) is 0.357. The molecular formula is C14H16N4O4. The van der Waals surface area contributed by atoms with Crippen LogP contribution in [0.3, 0.4) is 0 Å². The minimum absolute atomic E-state index is 0.00610. The first-order chi connectivity index (χ1) is 10.5. The number of amides is 1. The van der Waals surface area contributed by atoms with Crippen molar-refractivity contribution in [2.45, 2.75) is 26.8 Å². The van der Waals surface area contributed by atoms with Crippen LogP contribution in [-0.4, -0.2) is 21.0 Å². The van der Waals surface area contributed by atoms with Crippen molar-refractivity contribution < 1.29 is 14.2 Å². The van der Waals surface area contributed by atoms with E-state index in [1.165, 1.54) is 12.1 Å². The van der Waals surface area contributed by atoms with Crippen molar-refractivity contribution >= 4 is 11.6 Å². The van der Waals surface area contributed by atoms with E-state index in [-0.39, 0.29) is 29.9 Å². The van der Waals surface area contributed by atoms with Crippen LogP contribution in [0, 0.1) is 16.0 Å². The lowest BCUT2D eigenvalue weighted by atomic mass is 10.1. The van der Waals surface area contributed by atoms with Crippen molar-refractivity contribution in [3.63, 3.8) is 0 Å². The SMILES string of the molecule is CC(C)CC(=O)NCc1nc(-c2ccc([N+](=O)[O-])cc2)no1. The first-order valence-electron chi connectivity index (χ1n) is 6.80. The number of nitro benzene ring substituents is 1. The molecule has 0 bridgehead atoms. The van der Waals surface area contributed by atoms with Crippen LogP contribution in [0.25, 0.3) is 11.4 Å². The molecule has 0 unspecified atom stereocenters. The highest BCUT2D eigenvalue weighted by Gasteiger charge is 2.12. The molecule has 116 valence electrons. The minimum Gasteiger partial charge on any atom is -0.347 e. The number of hydrogen-bond acceptors (Lipinski definition) is 6. The largest absolute Gasteiger partial charge is 0.347 e. The summed E-state index contributed by atoms with van der Waals surface area (Å²) < 4.78 is 5.04. The fourth-order valence-electron chi connectivity index (χ4n) is 1.79. The Balaban J connectivity index is 1.99. The number of non-ortho nitro benzene ring substituents is 1. The molecule has 22 heavy (non-hydrogen) atoms. The molecule has 1 heterocycles. The van der Waals surface area contributed by atoms with E-state index in [0.717, 1.165) is 0 Å². The lowest BCUT2D eigenvalue weighted by Gasteiger charge is -2.03. The van der Waals surface area contributed by atoms with Gasteiger partial charge < -0.3 is 9.84 Å². The lowest BCUT2D eigenvalue weighted by Crippen LogP contribution is -2.24. The second-order valence-electron chi connectivity index (χ2n) is 5.19. The molecule has 1 aromatic heterocycles. The second kappa shape index (κ2) is 6.79. The molecule has 0 aliphatic rings. The maximum absolute atomic E-state index is 11.5. The molecule has 1 amide bonds. The molecule has 0 aliphatic heterocycles. The van der Waals surface area contributed by atoms with Gasteiger partial charge in [0.05, 0.1) is 11.5 Å². The third kappa shape index (κ3) is 4.11. The molecule has 0 radical (unpaired) electrons. The summed E-state index contributed by atoms with van der Waals surface area (Å²) in [5.74, 6) is 0.803. The zero-order valence-corrected chi connectivity index (χ0v) is 12.3. The molecule has 2 rings (SSSR count). The third-order valence-corrected chi connectivity index (χ3v) is 2.83. The van der Waals surface area contributed by atoms with Crippen LogP contribution < -0.4 is 5.32 Å². The summed E-state index contributed by atoms with van der Waals surface area (Å²) in [6, 6.07) is 5.83. The normalized spacial score (nSPS) is 10.7. The van der Waals surface area contributed by atoms with Crippen molar-refractivity contribution in [2.24, 2.45) is 5.92 Å². The van der Waals surface area contributed by atoms with Gasteiger partial charge in [-0.1, -0.05) is 19.0 Å². The number of benzene rings is 1. The van der Waals surface area contributed by atoms with Crippen LogP contribution in [0.1, 0.15) is 26.2 Å². The molecule has 0 fully saturated rings. The van der Waals surface area contributed by atoms with E-state index >= 15 is 0 Å². The van der Waals surface area contributed by atoms with Crippen LogP contribution in [0.5, 0.6) is 0 Å². The Kier molecular flexibility index (Phi) is 4.82. The Morgan fingerprint density at radius 2 is 2.05 bits per heavy atom. The highest BCUT2D eigenvalue weighted by Crippen LogP contribution is 2.19. The van der Waals surface area contributed by atoms with Gasteiger partial charge in [-0.3, -0.25) is 14.9 Å². The second-order valence-corrected chi connectivity index (χ2v) is 5.19. The molecule has 0 aliphatic carbocycles. The molecule has 8 heteroatoms. The van der Waals surface area contributed by atoms with Gasteiger partial charge >= 0.3 is 0 Å². The molecule has 0 spiro atoms. The highest BCUT2D eigenvalue weighted by molar-refractivity contribution is 5.75. The van der Waals surface area contributed by atoms with E-state index in [0.29, 0.717) is 17.8 Å². The van der Waals surface area contributed by atoms with Crippen molar-refractivity contribution in [3.05, 3.63) is 40.3 Å². The van der Waals surface area contributed by atoms with Gasteiger partial charge in [-0.15, -0.1) is 0 Å². The van der Waals surface area contributed by atoms with Gasteiger partial charge in [-0.2, -0.15) is 4.98 Å². The van der Waals surface area contributed by atoms with Crippen molar-refractivity contribution in [1.82, 2.24) is 15.5 Å². The van der Waals surface area contributed by atoms with E-state index in [1.807, 2.05) is 13.8 Å². The van der Waals surface area contributed by atoms with Gasteiger partial charge in [0.1, 0.15) is 0 Å². The van der Waals surface area contributed by atoms with Gasteiger partial charge in [0.25, 0.3) is 5.69 Å². The van der Waals surface area contributed by atoms with Crippen molar-refractivity contribution in [1.29, 1.82) is 0 Å². The number of carbonyl (C=O) groups excluding carboxylic acids is 1. The standard InChI is InChI=1S/C14H16N4O4/c1-9(2)7-12(19)15-8-13-16-14(17-22-13)10-3-5-11(6-4-10)18(20)21/h3-6,9H,7-8H2,1-2H3,(H,15,19). The average Bonchev–Trinajstić information content (AvgIpc) is 2.93. The molecule has 2 aromatic rings. The first-order valence-corrected chi connectivity index (χ1v) is 6.80. The Labute approximate surface area is 126 Å². The molecule has 0 saturated heterocycles. The predicted octanol–water partition coefficient (Wildman–Crippen LogP) is 2.31. The summed E-state index contributed by atoms with van der Waals surface area (Å²) in [5.41, 5.74) is 0.600. The van der Waals surface area contributed by atoms with Crippen molar-refractivity contribution in [2.75, 3.05) is 0 Å². The lowest BCUT2D eigenvalue weighted by molar-refractivity contribution is -0.384. The highest BCUT2D eigenvalue weighted by atomic mass is 16.6. The Bertz CT molecular complexity index is 664. The zero-order chi connectivity index (χ0) is 16.1. The van der Waals surface area contributed by atoms with Gasteiger partial charge in [0, 0.05) is 24.1 Å². The quantitative estimate of drug-likeness (QED) is 0.647. The number of rotatable bonds is 6. The summed E-state index contributed by atoms with van der Waals surface area (Å²) in [6.45, 7) is 4.07. The summed E-state index contributed by atoms with van der Waals surface area (Å²) in [7, 11) is 0. The average molecular weight is 304 g/mol. The van der Waals surface area contributed by atoms with Gasteiger partial charge in [-0.05, 0) is 18.1 Å². The van der Waals surface area contributed by atoms with Crippen LogP contribution in [0.2, 0.25) is 0 Å². The van der Waals surface area contributed by atoms with Gasteiger partial charge in [-0.25, -0.2) is 0 Å². The van der Waals surface area contributed by atoms with E-state index < -0.39 is 4.92 Å². The summed E-state index contributed by atoms with van der Waals surface area (Å²) in [4.78, 5) is 25.8. The molecular weight excluding hydrogens is 288 g/mol. The fourth-order valence-corrected chi connectivity index (χ4v) is 1.79. The van der Waals surface area contributed by atoms with Crippen LogP contribution in [0.4, 0.5) is 5.69 Å². The van der Waals surface area contributed by atoms with E-state index in [4.69, 9.17) is 4.52 Å². The smallest absolute Gasteiger partial charge is 0.269 e. The number of hydrogen-bond donors (Lipinski definition) is 1. The Morgan fingerprint density at radius 3 is 2.64 bits per heavy atom. The Hall–Kier alpha value is -2.77. The number of nitrogens with one attached hydrogen (secondary N) is 1. The monoisotopic (exact) mass is 304 g/mol. The summed E-state index contributed by atoms with van der Waals surface area (Å²) >= 11 is 0. The van der Waals surface area contributed by atoms with E-state index in [1.54, 1.807) is 12.1 Å². The molecule has 0 atom stereocenters. The van der Waals surface area contributed by atoms with Crippen LogP contribution >= 0.6 is 0 Å². The van der Waals surface area contributed by atoms with Crippen LogP contribution in [-0.2, 0) is 11.3 Å². The topological polar surface area (TPSA) is 111 Å². The molecule has 8 nitrogen and oxygen atoms in total. The molecule has 0 saturated carbocycles. The molecule has 1 aromatic carbocycles. The maximum Gasteiger partial charge on any atom is 0.269 e. The van der Waals surface area contributed by atoms with Crippen LogP contribution in [0.15, 0.2) is 28.8 Å². The predicted molar refractivity (Wildman–Crippen MR) is 77.7 cm³/mol. The van der Waals surface area contributed by atoms with E-state index in [9.17, 15) is 14.9 Å². The first kappa shape index (κ1) is 15.6. The maximum atomic E-state index is 11.5. The molecule has 1 N–H and O–H groups in total. The summed E-state index contributed by atoms with van der Waals surface area (Å²) in [5, 5.41) is 17.1. The third-order valence-electron chi connectivity index (χ3n) is 2.83. The zero-order valence-electron chi connectivity index (χ0n) is 12.3.